The van der Waals surface area contributed by atoms with Crippen LogP contribution in [-0.4, -0.2) is 171 Å². The maximum atomic E-state index is 13.7. The lowest BCUT2D eigenvalue weighted by Crippen LogP contribution is -2.61. The van der Waals surface area contributed by atoms with Gasteiger partial charge in [0.05, 0.1) is 30.3 Å². The van der Waals surface area contributed by atoms with E-state index in [0.29, 0.717) is 0 Å². The van der Waals surface area contributed by atoms with Crippen LogP contribution in [0.1, 0.15) is 59.3 Å². The Balaban J connectivity index is 6.21. The summed E-state index contributed by atoms with van der Waals surface area (Å²) in [5, 5.41) is 43.7. The number of carbonyl (C=O) groups is 8. The number of nitrogens with two attached hydrogens (primary N) is 5. The molecule has 0 aliphatic rings. The van der Waals surface area contributed by atoms with Crippen LogP contribution in [0.2, 0.25) is 0 Å². The van der Waals surface area contributed by atoms with Crippen molar-refractivity contribution >= 4 is 47.1 Å². The van der Waals surface area contributed by atoms with Gasteiger partial charge in [0, 0.05) is 6.54 Å². The van der Waals surface area contributed by atoms with Gasteiger partial charge >= 0.3 is 0 Å². The van der Waals surface area contributed by atoms with Gasteiger partial charge in [0.15, 0.2) is 5.78 Å². The highest BCUT2D eigenvalue weighted by Gasteiger charge is 2.34. The first-order chi connectivity index (χ1) is 27.9. The number of hydrogen-bond donors (Lipinski definition) is 16. The first kappa shape index (κ1) is 54.6. The van der Waals surface area contributed by atoms with E-state index in [1.165, 1.54) is 27.8 Å². The zero-order chi connectivity index (χ0) is 45.2. The molecule has 0 saturated heterocycles. The fourth-order valence-electron chi connectivity index (χ4n) is 5.68. The molecule has 0 aliphatic heterocycles. The van der Waals surface area contributed by atoms with Crippen molar-refractivity contribution in [1.29, 1.82) is 0 Å². The molecule has 0 aromatic rings. The van der Waals surface area contributed by atoms with Crippen LogP contribution in [0.3, 0.4) is 0 Å². The predicted octanol–water partition coefficient (Wildman–Crippen LogP) is -8.33. The number of likely N-dealkylation sites (N-methyl/N-ethyl adjacent to an activating group) is 2. The van der Waals surface area contributed by atoms with Crippen molar-refractivity contribution in [3.8, 4) is 0 Å². The van der Waals surface area contributed by atoms with E-state index in [2.05, 4.69) is 47.9 Å². The third-order valence-corrected chi connectivity index (χ3v) is 9.17. The number of rotatable bonds is 31. The van der Waals surface area contributed by atoms with E-state index in [1.807, 2.05) is 0 Å². The summed E-state index contributed by atoms with van der Waals surface area (Å²) in [4.78, 5) is 105. The summed E-state index contributed by atoms with van der Waals surface area (Å²) in [5.41, 5.74) is 28.1. The molecule has 24 heteroatoms. The topological polar surface area (TPSA) is 415 Å². The van der Waals surface area contributed by atoms with E-state index < -0.39 is 108 Å². The fourth-order valence-corrected chi connectivity index (χ4v) is 5.68. The molecular weight excluding hydrogens is 776 g/mol. The minimum atomic E-state index is -1.54. The standard InChI is InChI=1S/C35H70N14O10/c1-18(50)21(6-12-36)44-32(56)26(46-31(55)24(9-15-39)47-35(59)28(20(3)52)49-30(54)23(42-5)8-14-38)11-17-43-34(58)27(19(2)51)48-33(57)25(10-16-40)45-29(53)22(41-4)7-13-37/h19-28,41-42,51-52H,6-17,36-40H2,1-5H3,(H,43,58)(H,44,56)(H,45,53)(H,46,55)(H,47,59)(H,48,57)(H,49,54)/t19-,20-,21+,22+,23+,24+,25+,26+,27+,28+/m1/s1. The Morgan fingerprint density at radius 2 is 0.712 bits per heavy atom. The number of aliphatic hydroxyl groups excluding tert-OH is 2. The molecule has 0 bridgehead atoms. The van der Waals surface area contributed by atoms with Gasteiger partial charge in [-0.1, -0.05) is 0 Å². The molecule has 0 spiro atoms. The van der Waals surface area contributed by atoms with Crippen LogP contribution in [0.4, 0.5) is 0 Å². The molecule has 24 nitrogen and oxygen atoms in total. The molecule has 21 N–H and O–H groups in total. The fraction of sp³-hybridized carbons (Fsp3) is 0.771. The number of ketones is 1. The number of amides is 7. The molecule has 340 valence electrons. The van der Waals surface area contributed by atoms with Gasteiger partial charge in [0.1, 0.15) is 30.2 Å². The number of nitrogens with one attached hydrogen (secondary N) is 9. The normalized spacial score (nSPS) is 16.3. The molecule has 0 fully saturated rings. The Morgan fingerprint density at radius 3 is 1.08 bits per heavy atom. The molecule has 0 radical (unpaired) electrons. The largest absolute Gasteiger partial charge is 0.391 e. The summed E-state index contributed by atoms with van der Waals surface area (Å²) in [6.07, 6.45) is -2.73. The molecule has 0 rings (SSSR count). The van der Waals surface area contributed by atoms with Crippen LogP contribution < -0.4 is 76.5 Å². The third kappa shape index (κ3) is 19.9. The Kier molecular flexibility index (Phi) is 27.5. The van der Waals surface area contributed by atoms with E-state index >= 15 is 0 Å². The van der Waals surface area contributed by atoms with Crippen molar-refractivity contribution < 1.29 is 48.6 Å². The highest BCUT2D eigenvalue weighted by atomic mass is 16.3. The van der Waals surface area contributed by atoms with Gasteiger partial charge in [-0.25, -0.2) is 0 Å². The van der Waals surface area contributed by atoms with Gasteiger partial charge in [-0.15, -0.1) is 0 Å². The smallest absolute Gasteiger partial charge is 0.245 e. The summed E-state index contributed by atoms with van der Waals surface area (Å²) in [7, 11) is 3.07. The van der Waals surface area contributed by atoms with E-state index in [9.17, 15) is 48.6 Å². The minimum Gasteiger partial charge on any atom is -0.391 e. The van der Waals surface area contributed by atoms with Crippen LogP contribution in [0.25, 0.3) is 0 Å². The molecule has 0 aromatic heterocycles. The molecule has 7 amide bonds. The van der Waals surface area contributed by atoms with E-state index in [-0.39, 0.29) is 77.8 Å². The predicted molar refractivity (Wildman–Crippen MR) is 217 cm³/mol. The van der Waals surface area contributed by atoms with Crippen LogP contribution >= 0.6 is 0 Å². The number of aliphatic hydroxyl groups is 2. The van der Waals surface area contributed by atoms with Crippen molar-refractivity contribution in [2.45, 2.75) is 120 Å². The number of hydrogen-bond acceptors (Lipinski definition) is 17. The third-order valence-electron chi connectivity index (χ3n) is 9.17. The van der Waals surface area contributed by atoms with Crippen molar-refractivity contribution in [1.82, 2.24) is 47.9 Å². The summed E-state index contributed by atoms with van der Waals surface area (Å²) < 4.78 is 0. The molecule has 0 unspecified atom stereocenters. The molecule has 0 heterocycles. The average molecular weight is 847 g/mol. The van der Waals surface area contributed by atoms with Crippen LogP contribution in [0.5, 0.6) is 0 Å². The van der Waals surface area contributed by atoms with Gasteiger partial charge < -0.3 is 86.7 Å². The van der Waals surface area contributed by atoms with Crippen LogP contribution in [0.15, 0.2) is 0 Å². The van der Waals surface area contributed by atoms with Crippen molar-refractivity contribution in [3.05, 3.63) is 0 Å². The second kappa shape index (κ2) is 29.8. The zero-order valence-electron chi connectivity index (χ0n) is 34.8. The average Bonchev–Trinajstić information content (AvgIpc) is 3.18. The molecule has 0 aromatic carbocycles. The van der Waals surface area contributed by atoms with Crippen LogP contribution in [0, 0.1) is 0 Å². The second-order valence-electron chi connectivity index (χ2n) is 14.0. The van der Waals surface area contributed by atoms with Gasteiger partial charge in [-0.2, -0.15) is 0 Å². The minimum absolute atomic E-state index is 0.00178. The molecule has 59 heavy (non-hydrogen) atoms. The molecule has 10 atom stereocenters. The molecular formula is C35H70N14O10. The van der Waals surface area contributed by atoms with Gasteiger partial charge in [0.25, 0.3) is 0 Å². The van der Waals surface area contributed by atoms with E-state index in [1.54, 1.807) is 7.05 Å². The second-order valence-corrected chi connectivity index (χ2v) is 14.0. The highest BCUT2D eigenvalue weighted by Crippen LogP contribution is 2.05. The van der Waals surface area contributed by atoms with E-state index in [0.717, 1.165) is 0 Å². The number of Topliss-reactive ketones (excluding diaryl/α,β-unsaturated/α-hetero) is 1. The Bertz CT molecular complexity index is 1360. The van der Waals surface area contributed by atoms with Gasteiger partial charge in [0.2, 0.25) is 41.4 Å². The summed E-state index contributed by atoms with van der Waals surface area (Å²) >= 11 is 0. The quantitative estimate of drug-likeness (QED) is 0.0308. The first-order valence-corrected chi connectivity index (χ1v) is 19.7. The lowest BCUT2D eigenvalue weighted by atomic mass is 10.1. The van der Waals surface area contributed by atoms with Crippen molar-refractivity contribution in [2.24, 2.45) is 28.7 Å². The summed E-state index contributed by atoms with van der Waals surface area (Å²) in [6.45, 7) is 3.67. The maximum absolute atomic E-state index is 13.7. The van der Waals surface area contributed by atoms with Crippen LogP contribution in [-0.2, 0) is 38.4 Å². The van der Waals surface area contributed by atoms with Crippen molar-refractivity contribution in [2.75, 3.05) is 53.4 Å². The lowest BCUT2D eigenvalue weighted by molar-refractivity contribution is -0.136. The zero-order valence-corrected chi connectivity index (χ0v) is 34.8. The number of carbonyl (C=O) groups excluding carboxylic acids is 8. The first-order valence-electron chi connectivity index (χ1n) is 19.7. The van der Waals surface area contributed by atoms with Crippen molar-refractivity contribution in [3.63, 3.8) is 0 Å². The maximum Gasteiger partial charge on any atom is 0.245 e. The monoisotopic (exact) mass is 847 g/mol. The Morgan fingerprint density at radius 1 is 0.424 bits per heavy atom. The van der Waals surface area contributed by atoms with Gasteiger partial charge in [-0.3, -0.25) is 38.4 Å². The SMILES string of the molecule is CN[C@@H](CCN)C(=O)N[C@@H](CCN)C(=O)N[C@H](C(=O)NCC[C@H](NC(=O)[C@H](CCN)NC(=O)[C@@H](NC(=O)[C@H](CCN)NC)[C@@H](C)O)C(=O)N[C@@H](CCN)C(C)=O)[C@@H](C)O. The summed E-state index contributed by atoms with van der Waals surface area (Å²) in [6, 6.07) is -9.55. The lowest BCUT2D eigenvalue weighted by Gasteiger charge is -2.28. The Labute approximate surface area is 345 Å². The highest BCUT2D eigenvalue weighted by molar-refractivity contribution is 5.96. The summed E-state index contributed by atoms with van der Waals surface area (Å²) in [5.74, 6) is -5.97. The van der Waals surface area contributed by atoms with Gasteiger partial charge in [-0.05, 0) is 106 Å². The molecule has 0 saturated carbocycles. The molecule has 0 aliphatic carbocycles. The Hall–Kier alpha value is -4.40. The van der Waals surface area contributed by atoms with E-state index in [4.69, 9.17) is 28.7 Å².